The van der Waals surface area contributed by atoms with Crippen molar-refractivity contribution in [3.63, 3.8) is 0 Å². The van der Waals surface area contributed by atoms with Gasteiger partial charge in [-0.25, -0.2) is 0 Å². The van der Waals surface area contributed by atoms with Crippen LogP contribution in [0.1, 0.15) is 11.6 Å². The van der Waals surface area contributed by atoms with Crippen LogP contribution in [-0.4, -0.2) is 7.05 Å². The van der Waals surface area contributed by atoms with E-state index in [2.05, 4.69) is 58.8 Å². The van der Waals surface area contributed by atoms with Crippen LogP contribution in [0.25, 0.3) is 0 Å². The van der Waals surface area contributed by atoms with Gasteiger partial charge in [0.15, 0.2) is 0 Å². The summed E-state index contributed by atoms with van der Waals surface area (Å²) >= 11 is 2.30. The van der Waals surface area contributed by atoms with Crippen LogP contribution >= 0.6 is 22.6 Å². The molecular weight excluding hydrogens is 261 g/mol. The predicted octanol–water partition coefficient (Wildman–Crippen LogP) is 2.74. The van der Waals surface area contributed by atoms with Gasteiger partial charge in [-0.3, -0.25) is 0 Å². The smallest absolute Gasteiger partial charge is 0.0501 e. The quantitative estimate of drug-likeness (QED) is 0.659. The van der Waals surface area contributed by atoms with E-state index >= 15 is 0 Å². The molecule has 1 atom stereocenters. The molecule has 1 N–H and O–H groups in total. The molecule has 0 fully saturated rings. The van der Waals surface area contributed by atoms with Gasteiger partial charge >= 0.3 is 0 Å². The zero-order valence-electron chi connectivity index (χ0n) is 7.05. The largest absolute Gasteiger partial charge is 0.310 e. The molecule has 64 valence electrons. The highest BCUT2D eigenvalue weighted by atomic mass is 127. The standard InChI is InChI=1S/C10H12IN/c1-3-10(12-2)8-4-6-9(11)7-5-8/h3-7,10,12H,1H2,2H3. The second kappa shape index (κ2) is 4.62. The molecule has 1 rings (SSSR count). The third-order valence-corrected chi connectivity index (χ3v) is 2.49. The summed E-state index contributed by atoms with van der Waals surface area (Å²) < 4.78 is 1.26. The average molecular weight is 273 g/mol. The van der Waals surface area contributed by atoms with Gasteiger partial charge in [0.2, 0.25) is 0 Å². The van der Waals surface area contributed by atoms with E-state index in [9.17, 15) is 0 Å². The Hall–Kier alpha value is -0.350. The van der Waals surface area contributed by atoms with Crippen molar-refractivity contribution in [2.75, 3.05) is 7.05 Å². The fourth-order valence-corrected chi connectivity index (χ4v) is 1.45. The molecule has 0 saturated heterocycles. The van der Waals surface area contributed by atoms with Gasteiger partial charge in [-0.1, -0.05) is 18.2 Å². The summed E-state index contributed by atoms with van der Waals surface area (Å²) in [7, 11) is 1.93. The van der Waals surface area contributed by atoms with E-state index in [0.717, 1.165) is 0 Å². The lowest BCUT2D eigenvalue weighted by Crippen LogP contribution is -2.13. The number of benzene rings is 1. The molecule has 0 aliphatic heterocycles. The highest BCUT2D eigenvalue weighted by Gasteiger charge is 2.02. The number of rotatable bonds is 3. The molecule has 0 amide bonds. The summed E-state index contributed by atoms with van der Waals surface area (Å²) in [6.45, 7) is 3.77. The summed E-state index contributed by atoms with van der Waals surface area (Å²) in [5.41, 5.74) is 1.26. The Bertz CT molecular complexity index is 253. The zero-order chi connectivity index (χ0) is 8.97. The molecule has 2 heteroatoms. The predicted molar refractivity (Wildman–Crippen MR) is 61.2 cm³/mol. The lowest BCUT2D eigenvalue weighted by Gasteiger charge is -2.10. The highest BCUT2D eigenvalue weighted by molar-refractivity contribution is 14.1. The summed E-state index contributed by atoms with van der Waals surface area (Å²) in [5, 5.41) is 3.17. The summed E-state index contributed by atoms with van der Waals surface area (Å²) in [5.74, 6) is 0. The number of halogens is 1. The minimum Gasteiger partial charge on any atom is -0.310 e. The Morgan fingerprint density at radius 3 is 2.42 bits per heavy atom. The molecule has 0 spiro atoms. The molecule has 1 aromatic carbocycles. The van der Waals surface area contributed by atoms with E-state index in [0.29, 0.717) is 0 Å². The van der Waals surface area contributed by atoms with Crippen LogP contribution < -0.4 is 5.32 Å². The Morgan fingerprint density at radius 1 is 1.42 bits per heavy atom. The van der Waals surface area contributed by atoms with Crippen LogP contribution in [-0.2, 0) is 0 Å². The zero-order valence-corrected chi connectivity index (χ0v) is 9.21. The fraction of sp³-hybridized carbons (Fsp3) is 0.200. The maximum atomic E-state index is 3.77. The Balaban J connectivity index is 2.87. The van der Waals surface area contributed by atoms with Crippen LogP contribution in [0.2, 0.25) is 0 Å². The van der Waals surface area contributed by atoms with Crippen molar-refractivity contribution in [2.45, 2.75) is 6.04 Å². The molecule has 1 aromatic rings. The van der Waals surface area contributed by atoms with Crippen molar-refractivity contribution < 1.29 is 0 Å². The number of nitrogens with one attached hydrogen (secondary N) is 1. The Morgan fingerprint density at radius 2 is 2.00 bits per heavy atom. The van der Waals surface area contributed by atoms with E-state index in [-0.39, 0.29) is 6.04 Å². The highest BCUT2D eigenvalue weighted by Crippen LogP contribution is 2.14. The molecular formula is C10H12IN. The number of hydrogen-bond donors (Lipinski definition) is 1. The first-order valence-corrected chi connectivity index (χ1v) is 4.91. The normalized spacial score (nSPS) is 12.5. The minimum atomic E-state index is 0.266. The van der Waals surface area contributed by atoms with Crippen molar-refractivity contribution in [3.05, 3.63) is 46.1 Å². The van der Waals surface area contributed by atoms with Crippen molar-refractivity contribution in [1.29, 1.82) is 0 Å². The molecule has 0 bridgehead atoms. The van der Waals surface area contributed by atoms with Gasteiger partial charge in [0.1, 0.15) is 0 Å². The number of hydrogen-bond acceptors (Lipinski definition) is 1. The van der Waals surface area contributed by atoms with Gasteiger partial charge in [-0.05, 0) is 47.3 Å². The van der Waals surface area contributed by atoms with Crippen molar-refractivity contribution >= 4 is 22.6 Å². The molecule has 0 aromatic heterocycles. The average Bonchev–Trinajstić information content (AvgIpc) is 2.10. The molecule has 12 heavy (non-hydrogen) atoms. The first-order valence-electron chi connectivity index (χ1n) is 3.83. The van der Waals surface area contributed by atoms with E-state index in [4.69, 9.17) is 0 Å². The van der Waals surface area contributed by atoms with Gasteiger partial charge in [0.25, 0.3) is 0 Å². The third kappa shape index (κ3) is 2.32. The van der Waals surface area contributed by atoms with Gasteiger partial charge in [-0.15, -0.1) is 6.58 Å². The topological polar surface area (TPSA) is 12.0 Å². The summed E-state index contributed by atoms with van der Waals surface area (Å²) in [6.07, 6.45) is 1.90. The molecule has 0 radical (unpaired) electrons. The third-order valence-electron chi connectivity index (χ3n) is 1.78. The molecule has 1 nitrogen and oxygen atoms in total. The second-order valence-corrected chi connectivity index (χ2v) is 3.80. The van der Waals surface area contributed by atoms with E-state index in [1.165, 1.54) is 9.13 Å². The lowest BCUT2D eigenvalue weighted by atomic mass is 10.1. The van der Waals surface area contributed by atoms with Crippen molar-refractivity contribution in [1.82, 2.24) is 5.32 Å². The van der Waals surface area contributed by atoms with E-state index in [1.54, 1.807) is 0 Å². The number of likely N-dealkylation sites (N-methyl/N-ethyl adjacent to an activating group) is 1. The molecule has 0 aliphatic rings. The maximum absolute atomic E-state index is 3.77. The van der Waals surface area contributed by atoms with Gasteiger partial charge in [0.05, 0.1) is 6.04 Å². The van der Waals surface area contributed by atoms with Crippen molar-refractivity contribution in [3.8, 4) is 0 Å². The molecule has 0 heterocycles. The maximum Gasteiger partial charge on any atom is 0.0501 e. The Kier molecular flexibility index (Phi) is 3.75. The summed E-state index contributed by atoms with van der Waals surface area (Å²) in [6, 6.07) is 8.70. The molecule has 1 unspecified atom stereocenters. The fourth-order valence-electron chi connectivity index (χ4n) is 1.09. The Labute approximate surface area is 87.0 Å². The molecule has 0 saturated carbocycles. The van der Waals surface area contributed by atoms with Crippen LogP contribution in [0, 0.1) is 3.57 Å². The van der Waals surface area contributed by atoms with Crippen LogP contribution in [0.5, 0.6) is 0 Å². The van der Waals surface area contributed by atoms with E-state index < -0.39 is 0 Å². The SMILES string of the molecule is C=CC(NC)c1ccc(I)cc1. The monoisotopic (exact) mass is 273 g/mol. The van der Waals surface area contributed by atoms with Crippen LogP contribution in [0.15, 0.2) is 36.9 Å². The second-order valence-electron chi connectivity index (χ2n) is 2.55. The molecule has 0 aliphatic carbocycles. The van der Waals surface area contributed by atoms with Crippen LogP contribution in [0.3, 0.4) is 0 Å². The van der Waals surface area contributed by atoms with Gasteiger partial charge in [-0.2, -0.15) is 0 Å². The minimum absolute atomic E-state index is 0.266. The van der Waals surface area contributed by atoms with Gasteiger partial charge in [0, 0.05) is 3.57 Å². The van der Waals surface area contributed by atoms with Gasteiger partial charge < -0.3 is 5.32 Å². The first-order chi connectivity index (χ1) is 5.77. The van der Waals surface area contributed by atoms with Crippen molar-refractivity contribution in [2.24, 2.45) is 0 Å². The van der Waals surface area contributed by atoms with E-state index in [1.807, 2.05) is 13.1 Å². The first kappa shape index (κ1) is 9.74. The summed E-state index contributed by atoms with van der Waals surface area (Å²) in [4.78, 5) is 0. The van der Waals surface area contributed by atoms with Crippen LogP contribution in [0.4, 0.5) is 0 Å². The lowest BCUT2D eigenvalue weighted by molar-refractivity contribution is 0.716.